The van der Waals surface area contributed by atoms with Gasteiger partial charge in [-0.05, 0) is 0 Å². The normalized spacial score (nSPS) is 21.3. The standard InChI is InChI=1S/C15H17N9O5S2/c1-29-23-8(7-4-31-15(16)21-7)11(25)22-9-12(26)24-10(14(27)28)6(3-30-13(9)24)2-19-20-5-18-17/h2,4-5,9,13H,3,17H2,1H3,(H2,16,21)(H,18,20)(H,22,25)(H,27,28)/b19-2?,23-8-/t9?,13-/m1/s1. The molecule has 2 amide bonds. The van der Waals surface area contributed by atoms with Gasteiger partial charge in [0.2, 0.25) is 0 Å². The van der Waals surface area contributed by atoms with Gasteiger partial charge in [0.25, 0.3) is 11.8 Å². The van der Waals surface area contributed by atoms with Gasteiger partial charge >= 0.3 is 5.97 Å². The molecule has 164 valence electrons. The summed E-state index contributed by atoms with van der Waals surface area (Å²) in [7, 11) is 1.26. The molecule has 0 spiro atoms. The smallest absolute Gasteiger partial charge is 0.353 e. The number of carboxylic acid groups (broad SMARTS) is 1. The van der Waals surface area contributed by atoms with Gasteiger partial charge in [-0.3, -0.25) is 19.9 Å². The van der Waals surface area contributed by atoms with Crippen molar-refractivity contribution in [3.05, 3.63) is 22.3 Å². The minimum atomic E-state index is -1.29. The van der Waals surface area contributed by atoms with E-state index in [0.29, 0.717) is 5.57 Å². The van der Waals surface area contributed by atoms with Crippen molar-refractivity contribution in [2.45, 2.75) is 11.4 Å². The number of aliphatic carboxylic acids is 1. The molecule has 1 saturated heterocycles. The third-order valence-electron chi connectivity index (χ3n) is 4.08. The molecule has 3 heterocycles. The van der Waals surface area contributed by atoms with Gasteiger partial charge in [0.05, 0.1) is 6.21 Å². The van der Waals surface area contributed by atoms with Crippen LogP contribution in [0.3, 0.4) is 0 Å². The highest BCUT2D eigenvalue weighted by Crippen LogP contribution is 2.39. The van der Waals surface area contributed by atoms with Gasteiger partial charge in [-0.25, -0.2) is 9.78 Å². The van der Waals surface area contributed by atoms with Crippen LogP contribution in [0.25, 0.3) is 0 Å². The van der Waals surface area contributed by atoms with Crippen molar-refractivity contribution >= 4 is 64.3 Å². The van der Waals surface area contributed by atoms with E-state index in [4.69, 9.17) is 16.4 Å². The van der Waals surface area contributed by atoms with Crippen molar-refractivity contribution in [2.75, 3.05) is 18.6 Å². The third-order valence-corrected chi connectivity index (χ3v) is 6.05. The summed E-state index contributed by atoms with van der Waals surface area (Å²) < 4.78 is 0. The molecule has 0 aliphatic carbocycles. The molecule has 2 atom stereocenters. The molecule has 0 radical (unpaired) electrons. The number of anilines is 1. The number of hydrogen-bond acceptors (Lipinski definition) is 12. The summed E-state index contributed by atoms with van der Waals surface area (Å²) in [6, 6.07) is -0.953. The summed E-state index contributed by atoms with van der Waals surface area (Å²) in [5, 5.41) is 23.9. The van der Waals surface area contributed by atoms with E-state index >= 15 is 0 Å². The topological polar surface area (TPSA) is 210 Å². The predicted octanol–water partition coefficient (Wildman–Crippen LogP) is -1.71. The Morgan fingerprint density at radius 3 is 2.87 bits per heavy atom. The lowest BCUT2D eigenvalue weighted by atomic mass is 10.0. The average Bonchev–Trinajstić information content (AvgIpc) is 3.18. The first-order valence-electron chi connectivity index (χ1n) is 8.43. The van der Waals surface area contributed by atoms with Crippen molar-refractivity contribution in [1.29, 1.82) is 0 Å². The van der Waals surface area contributed by atoms with E-state index in [0.717, 1.165) is 22.6 Å². The molecule has 1 unspecified atom stereocenters. The van der Waals surface area contributed by atoms with Gasteiger partial charge < -0.3 is 26.8 Å². The summed E-state index contributed by atoms with van der Waals surface area (Å²) >= 11 is 2.39. The largest absolute Gasteiger partial charge is 0.477 e. The Bertz CT molecular complexity index is 1020. The van der Waals surface area contributed by atoms with E-state index in [1.807, 2.05) is 0 Å². The molecule has 16 heteroatoms. The summed E-state index contributed by atoms with van der Waals surface area (Å²) in [5.74, 6) is 2.60. The highest BCUT2D eigenvalue weighted by molar-refractivity contribution is 8.00. The molecule has 2 aliphatic rings. The van der Waals surface area contributed by atoms with Crippen molar-refractivity contribution in [2.24, 2.45) is 21.2 Å². The first-order valence-corrected chi connectivity index (χ1v) is 10.4. The summed E-state index contributed by atoms with van der Waals surface area (Å²) in [5.41, 5.74) is 8.12. The molecule has 7 N–H and O–H groups in total. The van der Waals surface area contributed by atoms with Crippen LogP contribution in [-0.4, -0.2) is 75.3 Å². The Kier molecular flexibility index (Phi) is 6.71. The van der Waals surface area contributed by atoms with Gasteiger partial charge in [-0.15, -0.1) is 23.1 Å². The van der Waals surface area contributed by atoms with Crippen molar-refractivity contribution in [1.82, 2.24) is 20.6 Å². The molecule has 0 bridgehead atoms. The lowest BCUT2D eigenvalue weighted by Gasteiger charge is -2.49. The molecule has 1 aromatic heterocycles. The highest BCUT2D eigenvalue weighted by atomic mass is 32.2. The molecule has 0 aromatic carbocycles. The number of thioether (sulfide) groups is 1. The lowest BCUT2D eigenvalue weighted by Crippen LogP contribution is -2.71. The number of carboxylic acids is 1. The van der Waals surface area contributed by atoms with Crippen molar-refractivity contribution in [3.8, 4) is 0 Å². The Hall–Kier alpha value is -3.66. The summed E-state index contributed by atoms with van der Waals surface area (Å²) in [4.78, 5) is 46.9. The zero-order valence-corrected chi connectivity index (χ0v) is 17.5. The first kappa shape index (κ1) is 22.0. The molecule has 0 saturated carbocycles. The minimum Gasteiger partial charge on any atom is -0.477 e. The van der Waals surface area contributed by atoms with E-state index in [-0.39, 0.29) is 28.0 Å². The second kappa shape index (κ2) is 9.43. The number of carbonyl (C=O) groups excluding carboxylic acids is 2. The van der Waals surface area contributed by atoms with E-state index in [1.165, 1.54) is 30.5 Å². The molecule has 1 fully saturated rings. The lowest BCUT2D eigenvalue weighted by molar-refractivity contribution is -0.150. The second-order valence-corrected chi connectivity index (χ2v) is 7.89. The zero-order chi connectivity index (χ0) is 22.5. The van der Waals surface area contributed by atoms with Gasteiger partial charge in [0, 0.05) is 16.7 Å². The number of nitrogens with one attached hydrogen (secondary N) is 2. The van der Waals surface area contributed by atoms with Crippen LogP contribution in [-0.2, 0) is 19.2 Å². The number of nitrogens with two attached hydrogens (primary N) is 2. The number of aromatic nitrogens is 1. The molecule has 3 rings (SSSR count). The number of carbonyl (C=O) groups is 3. The quantitative estimate of drug-likeness (QED) is 0.0960. The van der Waals surface area contributed by atoms with Crippen LogP contribution in [0, 0.1) is 0 Å². The van der Waals surface area contributed by atoms with Gasteiger partial charge in [0.15, 0.2) is 10.8 Å². The second-order valence-electron chi connectivity index (χ2n) is 5.90. The van der Waals surface area contributed by atoms with Crippen LogP contribution in [0.4, 0.5) is 5.13 Å². The van der Waals surface area contributed by atoms with Crippen molar-refractivity contribution < 1.29 is 24.3 Å². The maximum absolute atomic E-state index is 12.7. The summed E-state index contributed by atoms with van der Waals surface area (Å²) in [6.07, 6.45) is 2.37. The number of thiazole rings is 1. The Morgan fingerprint density at radius 2 is 2.26 bits per heavy atom. The van der Waals surface area contributed by atoms with E-state index in [1.54, 1.807) is 0 Å². The highest BCUT2D eigenvalue weighted by Gasteiger charge is 2.54. The number of nitrogen functional groups attached to an aromatic ring is 1. The number of hydrogen-bond donors (Lipinski definition) is 5. The molecular formula is C15H17N9O5S2. The Labute approximate surface area is 183 Å². The van der Waals surface area contributed by atoms with Gasteiger partial charge in [0.1, 0.15) is 36.3 Å². The average molecular weight is 467 g/mol. The number of β-lactam (4-membered cyclic amide) rings is 1. The zero-order valence-electron chi connectivity index (χ0n) is 15.9. The number of nitrogens with zero attached hydrogens (tertiary/aromatic N) is 5. The minimum absolute atomic E-state index is 0.156. The fourth-order valence-electron chi connectivity index (χ4n) is 2.83. The number of amides is 2. The van der Waals surface area contributed by atoms with Crippen LogP contribution in [0.15, 0.2) is 32.0 Å². The monoisotopic (exact) mass is 467 g/mol. The van der Waals surface area contributed by atoms with Crippen LogP contribution in [0.2, 0.25) is 0 Å². The summed E-state index contributed by atoms with van der Waals surface area (Å²) in [6.45, 7) is 0. The number of oxime groups is 1. The predicted molar refractivity (Wildman–Crippen MR) is 114 cm³/mol. The molecule has 14 nitrogen and oxygen atoms in total. The fourth-order valence-corrected chi connectivity index (χ4v) is 4.67. The molecule has 2 aliphatic heterocycles. The number of rotatable bonds is 8. The molecule has 1 aromatic rings. The van der Waals surface area contributed by atoms with Crippen LogP contribution in [0.1, 0.15) is 5.69 Å². The van der Waals surface area contributed by atoms with Crippen LogP contribution >= 0.6 is 23.1 Å². The number of fused-ring (bicyclic) bond motifs is 1. The van der Waals surface area contributed by atoms with E-state index in [2.05, 4.69) is 31.1 Å². The SMILES string of the molecule is CO/N=C(\C(=O)NC1C(=O)N2C(C(=O)O)=C(C=NNC=NN)CS[C@H]12)c1csc(N)n1. The van der Waals surface area contributed by atoms with Gasteiger partial charge in [-0.1, -0.05) is 5.16 Å². The maximum Gasteiger partial charge on any atom is 0.353 e. The van der Waals surface area contributed by atoms with Gasteiger partial charge in [-0.2, -0.15) is 10.2 Å². The Morgan fingerprint density at radius 1 is 1.48 bits per heavy atom. The first-order chi connectivity index (χ1) is 14.9. The van der Waals surface area contributed by atoms with Crippen molar-refractivity contribution in [3.63, 3.8) is 0 Å². The molecular weight excluding hydrogens is 450 g/mol. The fraction of sp³-hybridized carbons (Fsp3) is 0.267. The number of hydrazone groups is 2. The third kappa shape index (κ3) is 4.43. The maximum atomic E-state index is 12.7. The van der Waals surface area contributed by atoms with E-state index in [9.17, 15) is 19.5 Å². The van der Waals surface area contributed by atoms with E-state index < -0.39 is 29.2 Å². The molecule has 31 heavy (non-hydrogen) atoms. The van der Waals surface area contributed by atoms with Crippen LogP contribution in [0.5, 0.6) is 0 Å². The van der Waals surface area contributed by atoms with Crippen LogP contribution < -0.4 is 22.3 Å². The Balaban J connectivity index is 1.77.